The van der Waals surface area contributed by atoms with Crippen molar-refractivity contribution in [2.45, 2.75) is 51.7 Å². The van der Waals surface area contributed by atoms with Crippen LogP contribution in [-0.4, -0.2) is 51.3 Å². The molecule has 1 aromatic carbocycles. The highest BCUT2D eigenvalue weighted by Gasteiger charge is 2.38. The number of aromatic nitrogens is 1. The van der Waals surface area contributed by atoms with E-state index in [2.05, 4.69) is 10.5 Å². The number of aromatic hydroxyl groups is 1. The summed E-state index contributed by atoms with van der Waals surface area (Å²) >= 11 is 0. The molecule has 36 heavy (non-hydrogen) atoms. The Hall–Kier alpha value is -3.83. The first-order valence-electron chi connectivity index (χ1n) is 11.5. The van der Waals surface area contributed by atoms with E-state index < -0.39 is 64.2 Å². The minimum Gasteiger partial charge on any atom is -0.503 e. The maximum absolute atomic E-state index is 14.0. The third-order valence-electron chi connectivity index (χ3n) is 6.48. The minimum absolute atomic E-state index is 0.243. The molecule has 0 radical (unpaired) electrons. The summed E-state index contributed by atoms with van der Waals surface area (Å²) in [5.41, 5.74) is -1.76. The summed E-state index contributed by atoms with van der Waals surface area (Å²) in [7, 11) is 0. The number of benzene rings is 1. The molecule has 0 unspecified atom stereocenters. The second kappa shape index (κ2) is 10.0. The van der Waals surface area contributed by atoms with Gasteiger partial charge in [-0.1, -0.05) is 12.1 Å². The molecule has 0 fully saturated rings. The highest BCUT2D eigenvalue weighted by Crippen LogP contribution is 2.31. The quantitative estimate of drug-likeness (QED) is 0.662. The second-order valence-corrected chi connectivity index (χ2v) is 8.80. The van der Waals surface area contributed by atoms with Gasteiger partial charge in [0.2, 0.25) is 5.43 Å². The summed E-state index contributed by atoms with van der Waals surface area (Å²) in [6.45, 7) is 3.59. The molecular formula is C24H25F3N4O5. The van der Waals surface area contributed by atoms with Crippen LogP contribution >= 0.6 is 0 Å². The molecule has 2 atom stereocenters. The Morgan fingerprint density at radius 3 is 2.61 bits per heavy atom. The van der Waals surface area contributed by atoms with Crippen LogP contribution in [-0.2, 0) is 11.4 Å². The number of nitrogens with one attached hydrogen (secondary N) is 1. The van der Waals surface area contributed by atoms with Gasteiger partial charge < -0.3 is 24.7 Å². The average Bonchev–Trinajstić information content (AvgIpc) is 2.82. The van der Waals surface area contributed by atoms with Crippen LogP contribution in [0.4, 0.5) is 13.2 Å². The van der Waals surface area contributed by atoms with Crippen molar-refractivity contribution >= 4 is 17.5 Å². The summed E-state index contributed by atoms with van der Waals surface area (Å²) in [6, 6.07) is 0.215. The molecule has 2 N–H and O–H groups in total. The van der Waals surface area contributed by atoms with Gasteiger partial charge in [0.1, 0.15) is 29.6 Å². The Morgan fingerprint density at radius 2 is 1.94 bits per heavy atom. The monoisotopic (exact) mass is 506 g/mol. The van der Waals surface area contributed by atoms with Crippen LogP contribution < -0.4 is 10.7 Å². The zero-order valence-electron chi connectivity index (χ0n) is 19.7. The standard InChI is InChI=1S/C24H25F3N4O5/c1-3-14-8-15-10-30(12(2)4-5-36-29-14)24(35)20-22(33)21(32)17(11-31(15)20)23(34)28-9-16-18(26)6-13(25)7-19(16)27/h6-7,11-12,15,33H,3-5,8-10H2,1-2H3,(H,28,34)/b29-14-/t12-,15-/m0/s1. The third-order valence-corrected chi connectivity index (χ3v) is 6.48. The summed E-state index contributed by atoms with van der Waals surface area (Å²) < 4.78 is 42.4. The highest BCUT2D eigenvalue weighted by molar-refractivity contribution is 5.99. The lowest BCUT2D eigenvalue weighted by atomic mass is 10.00. The van der Waals surface area contributed by atoms with Crippen molar-refractivity contribution in [3.8, 4) is 5.75 Å². The lowest BCUT2D eigenvalue weighted by molar-refractivity contribution is 0.0496. The molecule has 3 heterocycles. The number of fused-ring (bicyclic) bond motifs is 4. The predicted molar refractivity (Wildman–Crippen MR) is 122 cm³/mol. The zero-order valence-corrected chi connectivity index (χ0v) is 19.7. The van der Waals surface area contributed by atoms with Crippen LogP contribution in [0.5, 0.6) is 5.75 Å². The van der Waals surface area contributed by atoms with E-state index in [9.17, 15) is 32.7 Å². The number of carbonyl (C=O) groups excluding carboxylic acids is 2. The van der Waals surface area contributed by atoms with Crippen LogP contribution in [0, 0.1) is 17.5 Å². The number of carbonyl (C=O) groups is 2. The summed E-state index contributed by atoms with van der Waals surface area (Å²) in [6.07, 6.45) is 2.54. The number of pyridine rings is 1. The predicted octanol–water partition coefficient (Wildman–Crippen LogP) is 2.86. The number of hydrogen-bond donors (Lipinski definition) is 2. The number of amides is 2. The molecule has 2 bridgehead atoms. The van der Waals surface area contributed by atoms with Crippen molar-refractivity contribution in [3.63, 3.8) is 0 Å². The van der Waals surface area contributed by atoms with Gasteiger partial charge in [-0.25, -0.2) is 13.2 Å². The van der Waals surface area contributed by atoms with Gasteiger partial charge in [0.05, 0.1) is 11.8 Å². The van der Waals surface area contributed by atoms with Gasteiger partial charge >= 0.3 is 0 Å². The summed E-state index contributed by atoms with van der Waals surface area (Å²) in [4.78, 5) is 45.9. The minimum atomic E-state index is -1.20. The molecule has 2 aliphatic heterocycles. The lowest BCUT2D eigenvalue weighted by Crippen LogP contribution is -2.49. The summed E-state index contributed by atoms with van der Waals surface area (Å²) in [5.74, 6) is -6.00. The molecule has 12 heteroatoms. The molecule has 2 aromatic rings. The second-order valence-electron chi connectivity index (χ2n) is 8.80. The molecule has 1 aromatic heterocycles. The van der Waals surface area contributed by atoms with Crippen molar-refractivity contribution in [1.29, 1.82) is 0 Å². The fraction of sp³-hybridized carbons (Fsp3) is 0.417. The van der Waals surface area contributed by atoms with Gasteiger partial charge in [0.25, 0.3) is 11.8 Å². The van der Waals surface area contributed by atoms with Crippen LogP contribution in [0.15, 0.2) is 28.3 Å². The topological polar surface area (TPSA) is 113 Å². The molecule has 2 aliphatic rings. The smallest absolute Gasteiger partial charge is 0.274 e. The first kappa shape index (κ1) is 25.3. The number of rotatable bonds is 4. The molecule has 192 valence electrons. The van der Waals surface area contributed by atoms with E-state index in [1.807, 2.05) is 13.8 Å². The van der Waals surface area contributed by atoms with Crippen molar-refractivity contribution < 1.29 is 32.7 Å². The van der Waals surface area contributed by atoms with Gasteiger partial charge in [-0.3, -0.25) is 14.4 Å². The van der Waals surface area contributed by atoms with Crippen LogP contribution in [0.2, 0.25) is 0 Å². The van der Waals surface area contributed by atoms with Crippen LogP contribution in [0.3, 0.4) is 0 Å². The molecule has 0 saturated carbocycles. The van der Waals surface area contributed by atoms with Gasteiger partial charge in [0.15, 0.2) is 11.4 Å². The van der Waals surface area contributed by atoms with Crippen molar-refractivity contribution in [2.75, 3.05) is 13.2 Å². The van der Waals surface area contributed by atoms with Crippen molar-refractivity contribution in [1.82, 2.24) is 14.8 Å². The van der Waals surface area contributed by atoms with Crippen molar-refractivity contribution in [2.24, 2.45) is 5.16 Å². The first-order chi connectivity index (χ1) is 17.1. The van der Waals surface area contributed by atoms with Gasteiger partial charge in [-0.2, -0.15) is 0 Å². The van der Waals surface area contributed by atoms with Crippen LogP contribution in [0.25, 0.3) is 0 Å². The fourth-order valence-electron chi connectivity index (χ4n) is 4.40. The number of nitrogens with zero attached hydrogens (tertiary/aromatic N) is 3. The fourth-order valence-corrected chi connectivity index (χ4v) is 4.40. The van der Waals surface area contributed by atoms with E-state index in [-0.39, 0.29) is 18.3 Å². The van der Waals surface area contributed by atoms with Crippen LogP contribution in [0.1, 0.15) is 65.6 Å². The molecule has 0 saturated heterocycles. The first-order valence-corrected chi connectivity index (χ1v) is 11.5. The summed E-state index contributed by atoms with van der Waals surface area (Å²) in [5, 5.41) is 17.1. The number of oxime groups is 1. The Labute approximate surface area is 204 Å². The lowest BCUT2D eigenvalue weighted by Gasteiger charge is -2.40. The molecule has 2 amide bonds. The van der Waals surface area contributed by atoms with Gasteiger partial charge in [-0.15, -0.1) is 0 Å². The van der Waals surface area contributed by atoms with Gasteiger partial charge in [-0.05, 0) is 13.3 Å². The van der Waals surface area contributed by atoms with E-state index in [0.717, 1.165) is 6.20 Å². The van der Waals surface area contributed by atoms with E-state index in [1.54, 1.807) is 4.90 Å². The van der Waals surface area contributed by atoms with Gasteiger partial charge in [0, 0.05) is 55.9 Å². The average molecular weight is 506 g/mol. The Morgan fingerprint density at radius 1 is 1.25 bits per heavy atom. The third kappa shape index (κ3) is 4.67. The normalized spacial score (nSPS) is 21.2. The Bertz CT molecular complexity index is 1290. The Balaban J connectivity index is 1.72. The SMILES string of the molecule is CC/C1=N/OCC[C@H](C)N2C[C@H](C1)n1cc(C(=O)NCc3c(F)cc(F)cc3F)c(=O)c(O)c1C2=O. The Kier molecular flexibility index (Phi) is 7.04. The highest BCUT2D eigenvalue weighted by atomic mass is 19.1. The largest absolute Gasteiger partial charge is 0.503 e. The van der Waals surface area contributed by atoms with E-state index in [0.29, 0.717) is 43.7 Å². The maximum Gasteiger partial charge on any atom is 0.274 e. The molecular weight excluding hydrogens is 481 g/mol. The number of hydrogen-bond acceptors (Lipinski definition) is 6. The molecule has 9 nitrogen and oxygen atoms in total. The number of halogens is 3. The van der Waals surface area contributed by atoms with E-state index in [4.69, 9.17) is 4.84 Å². The maximum atomic E-state index is 14.0. The molecule has 0 spiro atoms. The van der Waals surface area contributed by atoms with E-state index in [1.165, 1.54) is 4.57 Å². The van der Waals surface area contributed by atoms with Crippen molar-refractivity contribution in [3.05, 3.63) is 62.8 Å². The molecule has 4 rings (SSSR count). The van der Waals surface area contributed by atoms with E-state index >= 15 is 0 Å². The molecule has 0 aliphatic carbocycles. The zero-order chi connectivity index (χ0) is 26.1.